The number of aromatic nitrogens is 1. The third kappa shape index (κ3) is 2.51. The summed E-state index contributed by atoms with van der Waals surface area (Å²) in [4.78, 5) is 4.29. The van der Waals surface area contributed by atoms with Gasteiger partial charge in [0.15, 0.2) is 0 Å². The summed E-state index contributed by atoms with van der Waals surface area (Å²) in [6.07, 6.45) is 3.36. The maximum Gasteiger partial charge on any atom is 0.142 e. The van der Waals surface area contributed by atoms with Gasteiger partial charge in [0.05, 0.1) is 23.9 Å². The van der Waals surface area contributed by atoms with Crippen molar-refractivity contribution in [1.82, 2.24) is 4.98 Å². The van der Waals surface area contributed by atoms with Crippen LogP contribution in [0.3, 0.4) is 0 Å². The van der Waals surface area contributed by atoms with Crippen LogP contribution in [-0.2, 0) is 0 Å². The number of para-hydroxylation sites is 2. The van der Waals surface area contributed by atoms with Gasteiger partial charge in [-0.25, -0.2) is 4.98 Å². The smallest absolute Gasteiger partial charge is 0.142 e. The number of rotatable bonds is 5. The highest BCUT2D eigenvalue weighted by atomic mass is 16.5. The molecule has 5 nitrogen and oxygen atoms in total. The minimum absolute atomic E-state index is 0.504. The van der Waals surface area contributed by atoms with Crippen molar-refractivity contribution >= 4 is 22.5 Å². The Bertz CT molecular complexity index is 709. The minimum atomic E-state index is 0.504. The van der Waals surface area contributed by atoms with Gasteiger partial charge in [-0.2, -0.15) is 0 Å². The Hall–Kier alpha value is -2.69. The molecule has 0 amide bonds. The van der Waals surface area contributed by atoms with Crippen LogP contribution in [0.5, 0.6) is 5.75 Å². The summed E-state index contributed by atoms with van der Waals surface area (Å²) in [6.45, 7) is 1.13. The molecular weight excluding hydrogens is 254 g/mol. The topological polar surface area (TPSA) is 73.3 Å². The third-order valence-corrected chi connectivity index (χ3v) is 2.95. The molecule has 2 aromatic heterocycles. The molecule has 102 valence electrons. The molecule has 0 aliphatic heterocycles. The third-order valence-electron chi connectivity index (χ3n) is 2.95. The fourth-order valence-electron chi connectivity index (χ4n) is 1.98. The van der Waals surface area contributed by atoms with Crippen LogP contribution < -0.4 is 15.8 Å². The van der Waals surface area contributed by atoms with Crippen LogP contribution >= 0.6 is 0 Å². The van der Waals surface area contributed by atoms with Crippen molar-refractivity contribution in [2.45, 2.75) is 0 Å². The SMILES string of the molecule is Nc1ccccc1OCCNc1nccc2occc12. The van der Waals surface area contributed by atoms with Crippen molar-refractivity contribution in [3.8, 4) is 5.75 Å². The average Bonchev–Trinajstić information content (AvgIpc) is 2.94. The van der Waals surface area contributed by atoms with Crippen LogP contribution in [0.25, 0.3) is 11.0 Å². The number of nitrogens with one attached hydrogen (secondary N) is 1. The molecule has 0 saturated carbocycles. The predicted molar refractivity (Wildman–Crippen MR) is 78.8 cm³/mol. The molecule has 0 spiro atoms. The first-order valence-electron chi connectivity index (χ1n) is 6.38. The zero-order valence-electron chi connectivity index (χ0n) is 10.9. The van der Waals surface area contributed by atoms with E-state index in [1.807, 2.05) is 36.4 Å². The van der Waals surface area contributed by atoms with E-state index in [2.05, 4.69) is 10.3 Å². The lowest BCUT2D eigenvalue weighted by molar-refractivity contribution is 0.334. The molecular formula is C15H15N3O2. The van der Waals surface area contributed by atoms with Crippen molar-refractivity contribution in [1.29, 1.82) is 0 Å². The van der Waals surface area contributed by atoms with Crippen LogP contribution in [0.4, 0.5) is 11.5 Å². The highest BCUT2D eigenvalue weighted by Crippen LogP contribution is 2.22. The molecule has 0 fully saturated rings. The van der Waals surface area contributed by atoms with Gasteiger partial charge >= 0.3 is 0 Å². The fraction of sp³-hybridized carbons (Fsp3) is 0.133. The second-order valence-electron chi connectivity index (χ2n) is 4.31. The number of nitrogen functional groups attached to an aromatic ring is 1. The van der Waals surface area contributed by atoms with Crippen molar-refractivity contribution in [3.63, 3.8) is 0 Å². The fourth-order valence-corrected chi connectivity index (χ4v) is 1.98. The van der Waals surface area contributed by atoms with Gasteiger partial charge in [-0.1, -0.05) is 12.1 Å². The Morgan fingerprint density at radius 3 is 3.00 bits per heavy atom. The van der Waals surface area contributed by atoms with Gasteiger partial charge < -0.3 is 20.2 Å². The molecule has 3 N–H and O–H groups in total. The first-order valence-corrected chi connectivity index (χ1v) is 6.38. The number of nitrogens with zero attached hydrogens (tertiary/aromatic N) is 1. The van der Waals surface area contributed by atoms with Crippen LogP contribution in [-0.4, -0.2) is 18.1 Å². The number of pyridine rings is 1. The average molecular weight is 269 g/mol. The first-order chi connectivity index (χ1) is 9.84. The summed E-state index contributed by atoms with van der Waals surface area (Å²) in [5.74, 6) is 1.49. The van der Waals surface area contributed by atoms with Crippen molar-refractivity contribution < 1.29 is 9.15 Å². The van der Waals surface area contributed by atoms with E-state index in [-0.39, 0.29) is 0 Å². The normalized spacial score (nSPS) is 10.6. The van der Waals surface area contributed by atoms with Crippen LogP contribution in [0.2, 0.25) is 0 Å². The molecule has 0 aliphatic rings. The molecule has 20 heavy (non-hydrogen) atoms. The van der Waals surface area contributed by atoms with Gasteiger partial charge in [0, 0.05) is 6.20 Å². The lowest BCUT2D eigenvalue weighted by Crippen LogP contribution is -2.13. The summed E-state index contributed by atoms with van der Waals surface area (Å²) in [6, 6.07) is 11.2. The van der Waals surface area contributed by atoms with Gasteiger partial charge in [0.2, 0.25) is 0 Å². The number of anilines is 2. The molecule has 0 saturated heterocycles. The highest BCUT2D eigenvalue weighted by molar-refractivity contribution is 5.87. The number of benzene rings is 1. The first kappa shape index (κ1) is 12.3. The van der Waals surface area contributed by atoms with Crippen LogP contribution in [0, 0.1) is 0 Å². The summed E-state index contributed by atoms with van der Waals surface area (Å²) < 4.78 is 10.9. The van der Waals surface area contributed by atoms with Gasteiger partial charge in [-0.15, -0.1) is 0 Å². The second kappa shape index (κ2) is 5.52. The van der Waals surface area contributed by atoms with E-state index in [4.69, 9.17) is 14.9 Å². The molecule has 2 heterocycles. The standard InChI is InChI=1S/C15H15N3O2/c16-12-3-1-2-4-14(12)20-10-8-18-15-11-6-9-19-13(11)5-7-17-15/h1-7,9H,8,10,16H2,(H,17,18). The van der Waals surface area contributed by atoms with E-state index in [1.165, 1.54) is 0 Å². The monoisotopic (exact) mass is 269 g/mol. The van der Waals surface area contributed by atoms with E-state index >= 15 is 0 Å². The summed E-state index contributed by atoms with van der Waals surface area (Å²) in [5, 5.41) is 4.19. The van der Waals surface area contributed by atoms with Crippen LogP contribution in [0.15, 0.2) is 53.3 Å². The molecule has 0 radical (unpaired) electrons. The Labute approximate surface area is 116 Å². The summed E-state index contributed by atoms with van der Waals surface area (Å²) >= 11 is 0. The maximum atomic E-state index is 5.80. The molecule has 0 unspecified atom stereocenters. The lowest BCUT2D eigenvalue weighted by atomic mass is 10.3. The van der Waals surface area contributed by atoms with Gasteiger partial charge in [0.25, 0.3) is 0 Å². The van der Waals surface area contributed by atoms with E-state index < -0.39 is 0 Å². The number of hydrogen-bond donors (Lipinski definition) is 2. The van der Waals surface area contributed by atoms with Crippen LogP contribution in [0.1, 0.15) is 0 Å². The Balaban J connectivity index is 1.58. The van der Waals surface area contributed by atoms with E-state index in [0.29, 0.717) is 24.6 Å². The molecule has 3 aromatic rings. The highest BCUT2D eigenvalue weighted by Gasteiger charge is 2.04. The number of furan rings is 1. The molecule has 0 atom stereocenters. The Morgan fingerprint density at radius 1 is 1.20 bits per heavy atom. The van der Waals surface area contributed by atoms with Crippen molar-refractivity contribution in [2.75, 3.05) is 24.2 Å². The minimum Gasteiger partial charge on any atom is -0.490 e. The molecule has 0 aliphatic carbocycles. The van der Waals surface area contributed by atoms with E-state index in [9.17, 15) is 0 Å². The summed E-state index contributed by atoms with van der Waals surface area (Å²) in [5.41, 5.74) is 7.26. The lowest BCUT2D eigenvalue weighted by Gasteiger charge is -2.10. The van der Waals surface area contributed by atoms with Gasteiger partial charge in [-0.3, -0.25) is 0 Å². The number of ether oxygens (including phenoxy) is 1. The molecule has 3 rings (SSSR count). The molecule has 0 bridgehead atoms. The molecule has 1 aromatic carbocycles. The van der Waals surface area contributed by atoms with Gasteiger partial charge in [0.1, 0.15) is 23.8 Å². The number of fused-ring (bicyclic) bond motifs is 1. The van der Waals surface area contributed by atoms with Gasteiger partial charge in [-0.05, 0) is 24.3 Å². The quantitative estimate of drug-likeness (QED) is 0.550. The number of nitrogens with two attached hydrogens (primary N) is 1. The second-order valence-corrected chi connectivity index (χ2v) is 4.31. The maximum absolute atomic E-state index is 5.80. The molecule has 5 heteroatoms. The Morgan fingerprint density at radius 2 is 2.10 bits per heavy atom. The Kier molecular flexibility index (Phi) is 3.41. The van der Waals surface area contributed by atoms with E-state index in [0.717, 1.165) is 16.8 Å². The zero-order chi connectivity index (χ0) is 13.8. The van der Waals surface area contributed by atoms with Crippen molar-refractivity contribution in [2.24, 2.45) is 0 Å². The summed E-state index contributed by atoms with van der Waals surface area (Å²) in [7, 11) is 0. The van der Waals surface area contributed by atoms with E-state index in [1.54, 1.807) is 12.5 Å². The number of hydrogen-bond acceptors (Lipinski definition) is 5. The predicted octanol–water partition coefficient (Wildman–Crippen LogP) is 2.90. The van der Waals surface area contributed by atoms with Crippen molar-refractivity contribution in [3.05, 3.63) is 48.9 Å². The zero-order valence-corrected chi connectivity index (χ0v) is 10.9. The largest absolute Gasteiger partial charge is 0.490 e.